The first-order valence-electron chi connectivity index (χ1n) is 5.77. The summed E-state index contributed by atoms with van der Waals surface area (Å²) in [5, 5.41) is 0. The number of hydrogen-bond donors (Lipinski definition) is 1. The summed E-state index contributed by atoms with van der Waals surface area (Å²) in [5.74, 6) is 0. The summed E-state index contributed by atoms with van der Waals surface area (Å²) in [6.45, 7) is 5.44. The molecule has 0 saturated carbocycles. The maximum Gasteiger partial charge on any atom is 0.0234 e. The van der Waals surface area contributed by atoms with Crippen LogP contribution in [-0.2, 0) is 6.54 Å². The molecule has 1 aromatic rings. The quantitative estimate of drug-likeness (QED) is 0.797. The van der Waals surface area contributed by atoms with Crippen molar-refractivity contribution in [3.63, 3.8) is 0 Å². The van der Waals surface area contributed by atoms with E-state index in [2.05, 4.69) is 36.1 Å². The Balaban J connectivity index is 1.96. The van der Waals surface area contributed by atoms with Gasteiger partial charge in [-0.15, -0.1) is 0 Å². The van der Waals surface area contributed by atoms with Crippen molar-refractivity contribution >= 4 is 0 Å². The van der Waals surface area contributed by atoms with E-state index in [0.29, 0.717) is 6.04 Å². The predicted molar refractivity (Wildman–Crippen MR) is 63.7 cm³/mol. The van der Waals surface area contributed by atoms with Crippen molar-refractivity contribution in [2.45, 2.75) is 32.4 Å². The molecule has 1 saturated heterocycles. The van der Waals surface area contributed by atoms with Crippen molar-refractivity contribution < 1.29 is 0 Å². The third-order valence-corrected chi connectivity index (χ3v) is 3.03. The van der Waals surface area contributed by atoms with Crippen molar-refractivity contribution in [3.05, 3.63) is 35.4 Å². The summed E-state index contributed by atoms with van der Waals surface area (Å²) in [5.41, 5.74) is 8.72. The van der Waals surface area contributed by atoms with Gasteiger partial charge in [0.2, 0.25) is 0 Å². The lowest BCUT2D eigenvalue weighted by Crippen LogP contribution is -2.42. The van der Waals surface area contributed by atoms with Crippen LogP contribution in [0.25, 0.3) is 0 Å². The third-order valence-electron chi connectivity index (χ3n) is 3.03. The van der Waals surface area contributed by atoms with E-state index in [9.17, 15) is 0 Å². The van der Waals surface area contributed by atoms with Gasteiger partial charge in [-0.05, 0) is 31.9 Å². The number of rotatable bonds is 2. The standard InChI is InChI=1S/C13H20N2/c1-11-4-2-5-12(8-11)9-15-7-3-6-13(14)10-15/h2,4-5,8,13H,3,6-7,9-10,14H2,1H3/t13-/m0/s1. The fourth-order valence-electron chi connectivity index (χ4n) is 2.30. The second-order valence-electron chi connectivity index (χ2n) is 4.63. The zero-order valence-corrected chi connectivity index (χ0v) is 9.45. The lowest BCUT2D eigenvalue weighted by atomic mass is 10.1. The molecule has 0 aromatic heterocycles. The zero-order chi connectivity index (χ0) is 10.7. The largest absolute Gasteiger partial charge is 0.327 e. The molecule has 1 fully saturated rings. The minimum absolute atomic E-state index is 0.378. The van der Waals surface area contributed by atoms with Crippen molar-refractivity contribution in [2.24, 2.45) is 5.73 Å². The SMILES string of the molecule is Cc1cccc(CN2CCC[C@H](N)C2)c1. The van der Waals surface area contributed by atoms with Gasteiger partial charge in [-0.1, -0.05) is 29.8 Å². The Morgan fingerprint density at radius 1 is 1.47 bits per heavy atom. The molecule has 2 rings (SSSR count). The smallest absolute Gasteiger partial charge is 0.0234 e. The van der Waals surface area contributed by atoms with E-state index in [0.717, 1.165) is 13.1 Å². The van der Waals surface area contributed by atoms with Crippen molar-refractivity contribution in [3.8, 4) is 0 Å². The average molecular weight is 204 g/mol. The van der Waals surface area contributed by atoms with Gasteiger partial charge >= 0.3 is 0 Å². The molecule has 2 nitrogen and oxygen atoms in total. The highest BCUT2D eigenvalue weighted by Gasteiger charge is 2.16. The molecule has 1 aliphatic heterocycles. The first-order chi connectivity index (χ1) is 7.24. The number of nitrogens with zero attached hydrogens (tertiary/aromatic N) is 1. The van der Waals surface area contributed by atoms with Crippen LogP contribution in [0.1, 0.15) is 24.0 Å². The van der Waals surface area contributed by atoms with Gasteiger partial charge in [0.05, 0.1) is 0 Å². The average Bonchev–Trinajstić information content (AvgIpc) is 2.17. The Morgan fingerprint density at radius 3 is 3.07 bits per heavy atom. The van der Waals surface area contributed by atoms with E-state index in [1.807, 2.05) is 0 Å². The van der Waals surface area contributed by atoms with Gasteiger partial charge in [0.1, 0.15) is 0 Å². The van der Waals surface area contributed by atoms with Crippen LogP contribution in [-0.4, -0.2) is 24.0 Å². The first kappa shape index (κ1) is 10.7. The van der Waals surface area contributed by atoms with Crippen LogP contribution in [0.4, 0.5) is 0 Å². The van der Waals surface area contributed by atoms with Gasteiger partial charge < -0.3 is 5.73 Å². The number of hydrogen-bond acceptors (Lipinski definition) is 2. The highest BCUT2D eigenvalue weighted by atomic mass is 15.1. The van der Waals surface area contributed by atoms with Crippen LogP contribution in [0.2, 0.25) is 0 Å². The molecule has 0 spiro atoms. The van der Waals surface area contributed by atoms with Crippen LogP contribution in [0.15, 0.2) is 24.3 Å². The summed E-state index contributed by atoms with van der Waals surface area (Å²) in [6, 6.07) is 9.12. The molecule has 1 aliphatic rings. The van der Waals surface area contributed by atoms with Crippen LogP contribution < -0.4 is 5.73 Å². The topological polar surface area (TPSA) is 29.3 Å². The minimum atomic E-state index is 0.378. The van der Waals surface area contributed by atoms with Crippen LogP contribution in [0, 0.1) is 6.92 Å². The molecule has 0 radical (unpaired) electrons. The van der Waals surface area contributed by atoms with Gasteiger partial charge in [0.25, 0.3) is 0 Å². The van der Waals surface area contributed by atoms with Gasteiger partial charge in [-0.2, -0.15) is 0 Å². The molecular formula is C13H20N2. The lowest BCUT2D eigenvalue weighted by Gasteiger charge is -2.30. The van der Waals surface area contributed by atoms with Crippen LogP contribution in [0.5, 0.6) is 0 Å². The molecule has 2 N–H and O–H groups in total. The summed E-state index contributed by atoms with van der Waals surface area (Å²) in [6.07, 6.45) is 2.43. The maximum absolute atomic E-state index is 5.97. The Kier molecular flexibility index (Phi) is 3.39. The molecule has 0 amide bonds. The molecule has 15 heavy (non-hydrogen) atoms. The summed E-state index contributed by atoms with van der Waals surface area (Å²) >= 11 is 0. The normalized spacial score (nSPS) is 22.9. The van der Waals surface area contributed by atoms with Gasteiger partial charge in [-0.25, -0.2) is 0 Å². The van der Waals surface area contributed by atoms with E-state index in [1.54, 1.807) is 0 Å². The van der Waals surface area contributed by atoms with Crippen molar-refractivity contribution in [2.75, 3.05) is 13.1 Å². The number of piperidine rings is 1. The van der Waals surface area contributed by atoms with Gasteiger partial charge in [-0.3, -0.25) is 4.90 Å². The number of nitrogens with two attached hydrogens (primary N) is 1. The predicted octanol–water partition coefficient (Wildman–Crippen LogP) is 1.92. The summed E-state index contributed by atoms with van der Waals surface area (Å²) in [4.78, 5) is 2.46. The second-order valence-corrected chi connectivity index (χ2v) is 4.63. The van der Waals surface area contributed by atoms with E-state index >= 15 is 0 Å². The van der Waals surface area contributed by atoms with E-state index in [-0.39, 0.29) is 0 Å². The first-order valence-corrected chi connectivity index (χ1v) is 5.77. The summed E-state index contributed by atoms with van der Waals surface area (Å²) < 4.78 is 0. The molecular weight excluding hydrogens is 184 g/mol. The minimum Gasteiger partial charge on any atom is -0.327 e. The number of aryl methyl sites for hydroxylation is 1. The summed E-state index contributed by atoms with van der Waals surface area (Å²) in [7, 11) is 0. The van der Waals surface area contributed by atoms with Gasteiger partial charge in [0, 0.05) is 19.1 Å². The Bertz CT molecular complexity index is 322. The molecule has 0 unspecified atom stereocenters. The fourth-order valence-corrected chi connectivity index (χ4v) is 2.30. The lowest BCUT2D eigenvalue weighted by molar-refractivity contribution is 0.201. The molecule has 1 atom stereocenters. The Labute approximate surface area is 92.1 Å². The highest BCUT2D eigenvalue weighted by Crippen LogP contribution is 2.13. The monoisotopic (exact) mass is 204 g/mol. The zero-order valence-electron chi connectivity index (χ0n) is 9.45. The second kappa shape index (κ2) is 4.77. The molecule has 1 aromatic carbocycles. The maximum atomic E-state index is 5.97. The number of benzene rings is 1. The van der Waals surface area contributed by atoms with Crippen molar-refractivity contribution in [1.82, 2.24) is 4.90 Å². The third kappa shape index (κ3) is 3.05. The fraction of sp³-hybridized carbons (Fsp3) is 0.538. The highest BCUT2D eigenvalue weighted by molar-refractivity contribution is 5.22. The molecule has 1 heterocycles. The molecule has 0 aliphatic carbocycles. The van der Waals surface area contributed by atoms with E-state index < -0.39 is 0 Å². The molecule has 82 valence electrons. The van der Waals surface area contributed by atoms with Gasteiger partial charge in [0.15, 0.2) is 0 Å². The molecule has 0 bridgehead atoms. The van der Waals surface area contributed by atoms with E-state index in [1.165, 1.54) is 30.5 Å². The number of likely N-dealkylation sites (tertiary alicyclic amines) is 1. The van der Waals surface area contributed by atoms with Crippen molar-refractivity contribution in [1.29, 1.82) is 0 Å². The Morgan fingerprint density at radius 2 is 2.33 bits per heavy atom. The Hall–Kier alpha value is -0.860. The van der Waals surface area contributed by atoms with E-state index in [4.69, 9.17) is 5.73 Å². The van der Waals surface area contributed by atoms with Crippen LogP contribution >= 0.6 is 0 Å². The van der Waals surface area contributed by atoms with Crippen LogP contribution in [0.3, 0.4) is 0 Å². The molecule has 2 heteroatoms.